The molecule has 0 bridgehead atoms. The lowest BCUT2D eigenvalue weighted by Gasteiger charge is -2.11. The highest BCUT2D eigenvalue weighted by atomic mass is 35.5. The summed E-state index contributed by atoms with van der Waals surface area (Å²) in [6.07, 6.45) is 0.253. The van der Waals surface area contributed by atoms with E-state index < -0.39 is 5.97 Å². The fourth-order valence-electron chi connectivity index (χ4n) is 2.21. The van der Waals surface area contributed by atoms with E-state index in [0.717, 1.165) is 11.3 Å². The van der Waals surface area contributed by atoms with E-state index in [1.54, 1.807) is 31.2 Å². The van der Waals surface area contributed by atoms with Crippen LogP contribution in [0.1, 0.15) is 29.3 Å². The summed E-state index contributed by atoms with van der Waals surface area (Å²) in [6, 6.07) is 12.4. The van der Waals surface area contributed by atoms with Gasteiger partial charge in [-0.3, -0.25) is 4.79 Å². The molecule has 132 valence electrons. The molecule has 0 fully saturated rings. The third kappa shape index (κ3) is 5.50. The Labute approximate surface area is 152 Å². The Morgan fingerprint density at radius 1 is 1.16 bits per heavy atom. The molecule has 2 aromatic rings. The van der Waals surface area contributed by atoms with Crippen LogP contribution in [0.5, 0.6) is 0 Å². The van der Waals surface area contributed by atoms with Crippen molar-refractivity contribution in [2.45, 2.75) is 20.3 Å². The molecule has 0 heterocycles. The molecule has 0 aliphatic rings. The second kappa shape index (κ2) is 9.08. The normalized spacial score (nSPS) is 10.2. The van der Waals surface area contributed by atoms with Gasteiger partial charge in [0.1, 0.15) is 0 Å². The number of aryl methyl sites for hydroxylation is 1. The van der Waals surface area contributed by atoms with E-state index in [4.69, 9.17) is 16.3 Å². The molecule has 25 heavy (non-hydrogen) atoms. The van der Waals surface area contributed by atoms with Crippen LogP contribution in [0, 0.1) is 6.92 Å². The van der Waals surface area contributed by atoms with Crippen LogP contribution in [0.25, 0.3) is 0 Å². The molecule has 0 spiro atoms. The van der Waals surface area contributed by atoms with Crippen molar-refractivity contribution in [3.05, 3.63) is 58.6 Å². The van der Waals surface area contributed by atoms with Gasteiger partial charge in [-0.2, -0.15) is 0 Å². The quantitative estimate of drug-likeness (QED) is 0.724. The highest BCUT2D eigenvalue weighted by Crippen LogP contribution is 2.20. The van der Waals surface area contributed by atoms with Crippen molar-refractivity contribution in [3.8, 4) is 0 Å². The Balaban J connectivity index is 1.90. The summed E-state index contributed by atoms with van der Waals surface area (Å²) in [5.41, 5.74) is 2.65. The molecule has 0 aromatic heterocycles. The van der Waals surface area contributed by atoms with Crippen LogP contribution < -0.4 is 10.6 Å². The van der Waals surface area contributed by atoms with Gasteiger partial charge < -0.3 is 15.4 Å². The van der Waals surface area contributed by atoms with Crippen molar-refractivity contribution in [2.24, 2.45) is 0 Å². The summed E-state index contributed by atoms with van der Waals surface area (Å²) < 4.78 is 4.99. The van der Waals surface area contributed by atoms with E-state index >= 15 is 0 Å². The maximum absolute atomic E-state index is 12.1. The molecular weight excluding hydrogens is 340 g/mol. The highest BCUT2D eigenvalue weighted by molar-refractivity contribution is 6.31. The summed E-state index contributed by atoms with van der Waals surface area (Å²) >= 11 is 6.07. The van der Waals surface area contributed by atoms with Gasteiger partial charge in [-0.15, -0.1) is 0 Å². The molecule has 0 atom stereocenters. The maximum Gasteiger partial charge on any atom is 0.340 e. The number of nitrogens with one attached hydrogen (secondary N) is 2. The van der Waals surface area contributed by atoms with E-state index in [1.165, 1.54) is 0 Å². The van der Waals surface area contributed by atoms with Gasteiger partial charge in [0.05, 0.1) is 17.9 Å². The number of amides is 1. The first-order valence-corrected chi connectivity index (χ1v) is 8.45. The molecule has 0 saturated carbocycles. The van der Waals surface area contributed by atoms with Crippen LogP contribution in [-0.2, 0) is 9.53 Å². The molecular formula is C19H21ClN2O3. The molecule has 0 unspecified atom stereocenters. The molecule has 0 aliphatic heterocycles. The first-order chi connectivity index (χ1) is 12.0. The molecule has 2 rings (SSSR count). The molecule has 1 amide bonds. The highest BCUT2D eigenvalue weighted by Gasteiger charge is 2.13. The molecule has 0 aliphatic carbocycles. The Hall–Kier alpha value is -2.53. The first-order valence-electron chi connectivity index (χ1n) is 8.07. The Bertz CT molecular complexity index is 762. The molecule has 2 aromatic carbocycles. The zero-order valence-electron chi connectivity index (χ0n) is 14.3. The van der Waals surface area contributed by atoms with Crippen molar-refractivity contribution in [1.29, 1.82) is 0 Å². The first kappa shape index (κ1) is 18.8. The average molecular weight is 361 g/mol. The lowest BCUT2D eigenvalue weighted by molar-refractivity contribution is -0.115. The van der Waals surface area contributed by atoms with Gasteiger partial charge in [0.2, 0.25) is 5.91 Å². The molecule has 6 heteroatoms. The second-order valence-electron chi connectivity index (χ2n) is 5.45. The minimum Gasteiger partial charge on any atom is -0.462 e. The monoisotopic (exact) mass is 360 g/mol. The zero-order valence-corrected chi connectivity index (χ0v) is 15.0. The summed E-state index contributed by atoms with van der Waals surface area (Å²) in [7, 11) is 0. The average Bonchev–Trinajstić information content (AvgIpc) is 2.59. The smallest absolute Gasteiger partial charge is 0.340 e. The minimum absolute atomic E-state index is 0.192. The van der Waals surface area contributed by atoms with Crippen molar-refractivity contribution in [2.75, 3.05) is 23.8 Å². The molecule has 5 nitrogen and oxygen atoms in total. The van der Waals surface area contributed by atoms with E-state index in [0.29, 0.717) is 22.8 Å². The number of anilines is 2. The van der Waals surface area contributed by atoms with Gasteiger partial charge in [0.15, 0.2) is 0 Å². The van der Waals surface area contributed by atoms with Crippen molar-refractivity contribution < 1.29 is 14.3 Å². The van der Waals surface area contributed by atoms with Crippen molar-refractivity contribution in [3.63, 3.8) is 0 Å². The number of para-hydroxylation sites is 1. The van der Waals surface area contributed by atoms with Gasteiger partial charge in [-0.25, -0.2) is 4.79 Å². The fourth-order valence-corrected chi connectivity index (χ4v) is 2.40. The fraction of sp³-hybridized carbons (Fsp3) is 0.263. The molecule has 0 saturated heterocycles. The number of esters is 1. The number of ether oxygens (including phenoxy) is 1. The third-order valence-electron chi connectivity index (χ3n) is 3.55. The zero-order chi connectivity index (χ0) is 18.2. The Morgan fingerprint density at radius 2 is 1.92 bits per heavy atom. The molecule has 0 radical (unpaired) electrons. The molecule has 2 N–H and O–H groups in total. The summed E-state index contributed by atoms with van der Waals surface area (Å²) in [6.45, 7) is 4.40. The van der Waals surface area contributed by atoms with Crippen LogP contribution in [0.15, 0.2) is 42.5 Å². The predicted molar refractivity (Wildman–Crippen MR) is 100 cm³/mol. The van der Waals surface area contributed by atoms with Crippen LogP contribution in [0.3, 0.4) is 0 Å². The summed E-state index contributed by atoms with van der Waals surface area (Å²) in [5, 5.41) is 6.58. The largest absolute Gasteiger partial charge is 0.462 e. The number of rotatable bonds is 7. The number of hydrogen-bond donors (Lipinski definition) is 2. The third-order valence-corrected chi connectivity index (χ3v) is 3.96. The van der Waals surface area contributed by atoms with E-state index in [2.05, 4.69) is 10.6 Å². The number of carbonyl (C=O) groups is 2. The van der Waals surface area contributed by atoms with Gasteiger partial charge in [-0.05, 0) is 43.7 Å². The van der Waals surface area contributed by atoms with Crippen molar-refractivity contribution in [1.82, 2.24) is 0 Å². The lowest BCUT2D eigenvalue weighted by atomic mass is 10.1. The summed E-state index contributed by atoms with van der Waals surface area (Å²) in [5.74, 6) is -0.645. The maximum atomic E-state index is 12.1. The summed E-state index contributed by atoms with van der Waals surface area (Å²) in [4.78, 5) is 24.0. The number of halogens is 1. The lowest BCUT2D eigenvalue weighted by Crippen LogP contribution is -2.18. The number of benzene rings is 2. The van der Waals surface area contributed by atoms with E-state index in [9.17, 15) is 9.59 Å². The van der Waals surface area contributed by atoms with Crippen LogP contribution in [0.2, 0.25) is 5.02 Å². The minimum atomic E-state index is -0.453. The van der Waals surface area contributed by atoms with Gasteiger partial charge in [0, 0.05) is 23.7 Å². The van der Waals surface area contributed by atoms with Gasteiger partial charge in [-0.1, -0.05) is 29.8 Å². The number of hydrogen-bond acceptors (Lipinski definition) is 4. The van der Waals surface area contributed by atoms with Crippen LogP contribution in [0.4, 0.5) is 11.4 Å². The standard InChI is InChI=1S/C19H21ClN2O3/c1-3-25-19(24)15-6-4-5-7-17(15)22-18(23)10-11-21-14-9-8-13(2)16(20)12-14/h4-9,12,21H,3,10-11H2,1-2H3,(H,22,23). The van der Waals surface area contributed by atoms with Crippen molar-refractivity contribution >= 4 is 34.9 Å². The van der Waals surface area contributed by atoms with Gasteiger partial charge >= 0.3 is 5.97 Å². The number of carbonyl (C=O) groups excluding carboxylic acids is 2. The SMILES string of the molecule is CCOC(=O)c1ccccc1NC(=O)CCNc1ccc(C)c(Cl)c1. The van der Waals surface area contributed by atoms with Gasteiger partial charge in [0.25, 0.3) is 0 Å². The predicted octanol–water partition coefficient (Wildman–Crippen LogP) is 4.27. The second-order valence-corrected chi connectivity index (χ2v) is 5.86. The Morgan fingerprint density at radius 3 is 2.64 bits per heavy atom. The van der Waals surface area contributed by atoms with E-state index in [-0.39, 0.29) is 18.9 Å². The van der Waals surface area contributed by atoms with E-state index in [1.807, 2.05) is 25.1 Å². The van der Waals surface area contributed by atoms with Crippen LogP contribution in [-0.4, -0.2) is 25.0 Å². The topological polar surface area (TPSA) is 67.4 Å². The van der Waals surface area contributed by atoms with Crippen LogP contribution >= 0.6 is 11.6 Å². The Kier molecular flexibility index (Phi) is 6.83.